The third kappa shape index (κ3) is 5.11. The van der Waals surface area contributed by atoms with Crippen LogP contribution in [0.4, 0.5) is 15.1 Å². The van der Waals surface area contributed by atoms with Gasteiger partial charge >= 0.3 is 6.03 Å². The van der Waals surface area contributed by atoms with Crippen LogP contribution in [0.5, 0.6) is 0 Å². The first-order valence-corrected chi connectivity index (χ1v) is 13.5. The maximum Gasteiger partial charge on any atom is 0.324 e. The molecule has 5 aromatic rings. The summed E-state index contributed by atoms with van der Waals surface area (Å²) < 4.78 is 17.2. The predicted molar refractivity (Wildman–Crippen MR) is 153 cm³/mol. The van der Waals surface area contributed by atoms with Gasteiger partial charge < -0.3 is 19.9 Å². The van der Waals surface area contributed by atoms with Crippen molar-refractivity contribution in [3.05, 3.63) is 83.9 Å². The first-order chi connectivity index (χ1) is 19.8. The molecule has 210 valence electrons. The minimum Gasteiger partial charge on any atom is -0.394 e. The van der Waals surface area contributed by atoms with Crippen molar-refractivity contribution in [2.24, 2.45) is 7.05 Å². The Hall–Kier alpha value is -4.77. The van der Waals surface area contributed by atoms with Crippen molar-refractivity contribution in [1.82, 2.24) is 29.4 Å². The molecule has 0 radical (unpaired) electrons. The number of carbonyl (C=O) groups excluding carboxylic acids is 2. The van der Waals surface area contributed by atoms with Crippen molar-refractivity contribution in [2.75, 3.05) is 18.5 Å². The number of aromatic nitrogens is 4. The fraction of sp³-hybridized carbons (Fsp3) is 0.267. The Morgan fingerprint density at radius 1 is 1.15 bits per heavy atom. The molecule has 0 aliphatic carbocycles. The molecule has 6 rings (SSSR count). The first kappa shape index (κ1) is 26.5. The average molecular weight is 556 g/mol. The molecule has 0 unspecified atom stereocenters. The van der Waals surface area contributed by atoms with Gasteiger partial charge in [-0.15, -0.1) is 5.10 Å². The number of halogens is 1. The van der Waals surface area contributed by atoms with E-state index < -0.39 is 0 Å². The summed E-state index contributed by atoms with van der Waals surface area (Å²) in [6, 6.07) is 15.0. The van der Waals surface area contributed by atoms with Gasteiger partial charge in [0.25, 0.3) is 11.9 Å². The maximum atomic E-state index is 13.7. The second-order valence-corrected chi connectivity index (χ2v) is 10.4. The minimum absolute atomic E-state index is 0.0729. The largest absolute Gasteiger partial charge is 0.394 e. The number of aryl methyl sites for hydroxylation is 1. The van der Waals surface area contributed by atoms with E-state index in [1.165, 1.54) is 12.1 Å². The molecule has 3 N–H and O–H groups in total. The molecule has 1 aliphatic rings. The molecule has 3 aromatic heterocycles. The van der Waals surface area contributed by atoms with Crippen LogP contribution in [-0.4, -0.2) is 60.3 Å². The smallest absolute Gasteiger partial charge is 0.324 e. The molecule has 0 spiro atoms. The summed E-state index contributed by atoms with van der Waals surface area (Å²) in [7, 11) is 1.89. The van der Waals surface area contributed by atoms with Crippen molar-refractivity contribution in [2.45, 2.75) is 31.8 Å². The number of urea groups is 1. The zero-order valence-corrected chi connectivity index (χ0v) is 22.7. The van der Waals surface area contributed by atoms with Crippen LogP contribution in [0.2, 0.25) is 0 Å². The summed E-state index contributed by atoms with van der Waals surface area (Å²) in [5.74, 6) is -0.417. The summed E-state index contributed by atoms with van der Waals surface area (Å²) in [5, 5.41) is 20.4. The maximum absolute atomic E-state index is 13.7. The number of pyridine rings is 1. The van der Waals surface area contributed by atoms with Crippen molar-refractivity contribution >= 4 is 34.4 Å². The van der Waals surface area contributed by atoms with Crippen molar-refractivity contribution in [3.63, 3.8) is 0 Å². The van der Waals surface area contributed by atoms with Gasteiger partial charge in [-0.1, -0.05) is 18.2 Å². The summed E-state index contributed by atoms with van der Waals surface area (Å²) in [6.45, 7) is 2.33. The lowest BCUT2D eigenvalue weighted by molar-refractivity contribution is 0.0941. The molecule has 10 nitrogen and oxygen atoms in total. The number of carbonyl (C=O) groups is 2. The summed E-state index contributed by atoms with van der Waals surface area (Å²) in [6.07, 6.45) is 5.18. The number of benzene rings is 2. The van der Waals surface area contributed by atoms with E-state index >= 15 is 0 Å². The van der Waals surface area contributed by atoms with Gasteiger partial charge in [0.15, 0.2) is 5.65 Å². The van der Waals surface area contributed by atoms with Gasteiger partial charge in [-0.3, -0.25) is 10.1 Å². The normalized spacial score (nSPS) is 15.9. The Balaban J connectivity index is 1.25. The van der Waals surface area contributed by atoms with Gasteiger partial charge in [0, 0.05) is 36.9 Å². The SMILES string of the molecule is C[C@H](NC(=O)c1cn(C)c2ccc(-c3ccn4nc(NC(=O)N5CCC[C@@H]5CO)nc4c3)cc12)c1cccc(F)c1. The lowest BCUT2D eigenvalue weighted by Crippen LogP contribution is -2.40. The number of rotatable bonds is 6. The van der Waals surface area contributed by atoms with Crippen LogP contribution in [0.1, 0.15) is 41.7 Å². The highest BCUT2D eigenvalue weighted by molar-refractivity contribution is 6.08. The third-order valence-electron chi connectivity index (χ3n) is 7.67. The molecule has 2 aromatic carbocycles. The van der Waals surface area contributed by atoms with E-state index in [0.717, 1.165) is 34.9 Å². The van der Waals surface area contributed by atoms with Gasteiger partial charge in [-0.25, -0.2) is 13.7 Å². The Morgan fingerprint density at radius 3 is 2.78 bits per heavy atom. The molecule has 1 saturated heterocycles. The number of likely N-dealkylation sites (tertiary alicyclic amines) is 1. The van der Waals surface area contributed by atoms with Gasteiger partial charge in [0.2, 0.25) is 0 Å². The molecular weight excluding hydrogens is 525 g/mol. The average Bonchev–Trinajstić information content (AvgIpc) is 3.69. The highest BCUT2D eigenvalue weighted by atomic mass is 19.1. The lowest BCUT2D eigenvalue weighted by atomic mass is 10.0. The number of nitrogens with one attached hydrogen (secondary N) is 2. The number of hydrogen-bond donors (Lipinski definition) is 3. The molecule has 1 aliphatic heterocycles. The van der Waals surface area contributed by atoms with E-state index in [4.69, 9.17) is 0 Å². The molecule has 4 heterocycles. The number of amides is 3. The lowest BCUT2D eigenvalue weighted by Gasteiger charge is -2.22. The number of hydrogen-bond acceptors (Lipinski definition) is 5. The van der Waals surface area contributed by atoms with Crippen LogP contribution < -0.4 is 10.6 Å². The van der Waals surface area contributed by atoms with E-state index in [-0.39, 0.29) is 42.4 Å². The molecule has 11 heteroatoms. The highest BCUT2D eigenvalue weighted by Gasteiger charge is 2.28. The molecule has 0 saturated carbocycles. The number of fused-ring (bicyclic) bond motifs is 2. The second-order valence-electron chi connectivity index (χ2n) is 10.4. The highest BCUT2D eigenvalue weighted by Crippen LogP contribution is 2.29. The Kier molecular flexibility index (Phi) is 6.88. The Morgan fingerprint density at radius 2 is 1.98 bits per heavy atom. The zero-order valence-electron chi connectivity index (χ0n) is 22.7. The fourth-order valence-corrected chi connectivity index (χ4v) is 5.46. The van der Waals surface area contributed by atoms with Gasteiger partial charge in [0.05, 0.1) is 24.3 Å². The summed E-state index contributed by atoms with van der Waals surface area (Å²) >= 11 is 0. The number of anilines is 1. The van der Waals surface area contributed by atoms with Crippen LogP contribution >= 0.6 is 0 Å². The van der Waals surface area contributed by atoms with E-state index in [9.17, 15) is 19.1 Å². The number of nitrogens with zero attached hydrogens (tertiary/aromatic N) is 5. The standard InChI is InChI=1S/C30H30FN7O3/c1-18(19-5-3-6-22(31)13-19)32-28(40)25-16-36(2)26-9-8-20(14-24(25)26)21-10-12-38-27(15-21)33-29(35-38)34-30(41)37-11-4-7-23(37)17-39/h3,5-6,8-10,12-16,18,23,39H,4,7,11,17H2,1-2H3,(H,32,40)(H,34,35,41)/t18-,23+/m0/s1. The quantitative estimate of drug-likeness (QED) is 0.285. The molecular formula is C30H30FN7O3. The topological polar surface area (TPSA) is 117 Å². The number of aliphatic hydroxyl groups excluding tert-OH is 1. The van der Waals surface area contributed by atoms with Gasteiger partial charge in [0.1, 0.15) is 5.82 Å². The van der Waals surface area contributed by atoms with Crippen LogP contribution in [-0.2, 0) is 7.05 Å². The Labute approximate surface area is 235 Å². The van der Waals surface area contributed by atoms with Crippen LogP contribution in [0.15, 0.2) is 67.0 Å². The van der Waals surface area contributed by atoms with Gasteiger partial charge in [-0.05, 0) is 72.9 Å². The zero-order chi connectivity index (χ0) is 28.7. The van der Waals surface area contributed by atoms with E-state index in [1.54, 1.807) is 33.9 Å². The molecule has 1 fully saturated rings. The minimum atomic E-state index is -0.373. The predicted octanol–water partition coefficient (Wildman–Crippen LogP) is 4.51. The van der Waals surface area contributed by atoms with E-state index in [1.807, 2.05) is 48.9 Å². The fourth-order valence-electron chi connectivity index (χ4n) is 5.46. The molecule has 3 amide bonds. The monoisotopic (exact) mass is 555 g/mol. The van der Waals surface area contributed by atoms with Crippen molar-refractivity contribution in [1.29, 1.82) is 0 Å². The van der Waals surface area contributed by atoms with Crippen molar-refractivity contribution < 1.29 is 19.1 Å². The van der Waals surface area contributed by atoms with Gasteiger partial charge in [-0.2, -0.15) is 4.98 Å². The molecule has 2 atom stereocenters. The summed E-state index contributed by atoms with van der Waals surface area (Å²) in [4.78, 5) is 32.1. The van der Waals surface area contributed by atoms with E-state index in [0.29, 0.717) is 23.3 Å². The number of aliphatic hydroxyl groups is 1. The second kappa shape index (κ2) is 10.7. The Bertz CT molecular complexity index is 1780. The summed E-state index contributed by atoms with van der Waals surface area (Å²) in [5.41, 5.74) is 4.40. The van der Waals surface area contributed by atoms with E-state index in [2.05, 4.69) is 20.7 Å². The first-order valence-electron chi connectivity index (χ1n) is 13.5. The molecule has 0 bridgehead atoms. The third-order valence-corrected chi connectivity index (χ3v) is 7.67. The van der Waals surface area contributed by atoms with Crippen LogP contribution in [0.3, 0.4) is 0 Å². The van der Waals surface area contributed by atoms with Crippen LogP contribution in [0.25, 0.3) is 27.7 Å². The van der Waals surface area contributed by atoms with Crippen LogP contribution in [0, 0.1) is 5.82 Å². The molecule has 41 heavy (non-hydrogen) atoms. The van der Waals surface area contributed by atoms with Crippen molar-refractivity contribution in [3.8, 4) is 11.1 Å².